The summed E-state index contributed by atoms with van der Waals surface area (Å²) < 4.78 is 0. The van der Waals surface area contributed by atoms with Gasteiger partial charge in [-0.3, -0.25) is 9.79 Å². The average Bonchev–Trinajstić information content (AvgIpc) is 3.05. The van der Waals surface area contributed by atoms with Gasteiger partial charge < -0.3 is 22.1 Å². The van der Waals surface area contributed by atoms with E-state index in [1.165, 1.54) is 0 Å². The van der Waals surface area contributed by atoms with Gasteiger partial charge in [-0.1, -0.05) is 12.1 Å². The first kappa shape index (κ1) is 15.4. The minimum atomic E-state index is 0.250. The van der Waals surface area contributed by atoms with Crippen LogP contribution in [-0.2, 0) is 4.79 Å². The number of nitrogens with zero attached hydrogens (tertiary/aromatic N) is 1. The Morgan fingerprint density at radius 2 is 1.86 bits per heavy atom. The molecular weight excluding hydrogens is 278 g/mol. The molecule has 0 aromatic heterocycles. The largest absolute Gasteiger partial charge is 0.399 e. The standard InChI is InChI=1S/C15H16N4.CH3NO/c16-12-4-6-13(7-5-12)19-14-3-1-2-11(10-14)15-17-8-9-18-15;2-1-3/h1-7,10,19H,8-9,16H2,(H,17,18);1H,(H2,2,3). The Balaban J connectivity index is 0.000000545. The molecule has 6 heteroatoms. The van der Waals surface area contributed by atoms with Crippen LogP contribution < -0.4 is 22.1 Å². The number of hydrogen-bond donors (Lipinski definition) is 4. The lowest BCUT2D eigenvalue weighted by Crippen LogP contribution is -2.19. The summed E-state index contributed by atoms with van der Waals surface area (Å²) in [6, 6.07) is 15.9. The Kier molecular flexibility index (Phi) is 5.37. The average molecular weight is 297 g/mol. The second-order valence-electron chi connectivity index (χ2n) is 4.62. The molecule has 0 fully saturated rings. The molecule has 0 saturated heterocycles. The molecule has 6 nitrogen and oxygen atoms in total. The number of amidine groups is 1. The molecule has 1 amide bonds. The van der Waals surface area contributed by atoms with Gasteiger partial charge in [-0.2, -0.15) is 0 Å². The first-order valence-electron chi connectivity index (χ1n) is 6.89. The zero-order valence-corrected chi connectivity index (χ0v) is 12.1. The molecule has 114 valence electrons. The fourth-order valence-corrected chi connectivity index (χ4v) is 2.07. The predicted molar refractivity (Wildman–Crippen MR) is 90.2 cm³/mol. The van der Waals surface area contributed by atoms with Crippen molar-refractivity contribution in [2.75, 3.05) is 24.1 Å². The molecule has 0 spiro atoms. The van der Waals surface area contributed by atoms with Crippen molar-refractivity contribution in [2.45, 2.75) is 0 Å². The van der Waals surface area contributed by atoms with Crippen LogP contribution in [0.15, 0.2) is 53.5 Å². The lowest BCUT2D eigenvalue weighted by molar-refractivity contribution is -0.106. The number of benzene rings is 2. The van der Waals surface area contributed by atoms with Gasteiger partial charge in [0.15, 0.2) is 0 Å². The van der Waals surface area contributed by atoms with Crippen molar-refractivity contribution < 1.29 is 4.79 Å². The maximum atomic E-state index is 8.58. The number of primary amides is 1. The minimum absolute atomic E-state index is 0.250. The topological polar surface area (TPSA) is 106 Å². The summed E-state index contributed by atoms with van der Waals surface area (Å²) >= 11 is 0. The number of nitrogens with one attached hydrogen (secondary N) is 2. The molecule has 1 aliphatic heterocycles. The molecule has 1 heterocycles. The summed E-state index contributed by atoms with van der Waals surface area (Å²) in [5.41, 5.74) is 13.8. The van der Waals surface area contributed by atoms with Crippen molar-refractivity contribution in [3.8, 4) is 0 Å². The Morgan fingerprint density at radius 1 is 1.14 bits per heavy atom. The summed E-state index contributed by atoms with van der Waals surface area (Å²) in [7, 11) is 0. The summed E-state index contributed by atoms with van der Waals surface area (Å²) in [6.07, 6.45) is 0.250. The molecule has 22 heavy (non-hydrogen) atoms. The lowest BCUT2D eigenvalue weighted by atomic mass is 10.1. The maximum Gasteiger partial charge on any atom is 0.204 e. The SMILES string of the molecule is NC=O.Nc1ccc(Nc2cccc(C3=NCCN3)c2)cc1. The highest BCUT2D eigenvalue weighted by Crippen LogP contribution is 2.19. The molecule has 1 aliphatic rings. The van der Waals surface area contributed by atoms with Gasteiger partial charge in [0.25, 0.3) is 0 Å². The Bertz CT molecular complexity index is 652. The number of rotatable bonds is 3. The fourth-order valence-electron chi connectivity index (χ4n) is 2.07. The number of nitrogens with two attached hydrogens (primary N) is 2. The van der Waals surface area contributed by atoms with Crippen LogP contribution in [0, 0.1) is 0 Å². The number of anilines is 3. The van der Waals surface area contributed by atoms with Crippen LogP contribution in [0.4, 0.5) is 17.1 Å². The second kappa shape index (κ2) is 7.68. The smallest absolute Gasteiger partial charge is 0.204 e. The van der Waals surface area contributed by atoms with Gasteiger partial charge in [-0.15, -0.1) is 0 Å². The first-order valence-corrected chi connectivity index (χ1v) is 6.89. The van der Waals surface area contributed by atoms with E-state index < -0.39 is 0 Å². The van der Waals surface area contributed by atoms with Gasteiger partial charge in [-0.25, -0.2) is 0 Å². The van der Waals surface area contributed by atoms with Crippen molar-refractivity contribution in [1.29, 1.82) is 0 Å². The molecule has 0 aliphatic carbocycles. The number of carbonyl (C=O) groups is 1. The molecule has 2 aromatic carbocycles. The first-order chi connectivity index (χ1) is 10.7. The molecular formula is C16H19N5O. The molecule has 0 bridgehead atoms. The normalized spacial score (nSPS) is 12.5. The summed E-state index contributed by atoms with van der Waals surface area (Å²) in [6.45, 7) is 1.77. The summed E-state index contributed by atoms with van der Waals surface area (Å²) in [5, 5.41) is 6.63. The Morgan fingerprint density at radius 3 is 2.50 bits per heavy atom. The minimum Gasteiger partial charge on any atom is -0.399 e. The number of amides is 1. The molecule has 2 aromatic rings. The zero-order chi connectivity index (χ0) is 15.8. The number of hydrogen-bond acceptors (Lipinski definition) is 5. The van der Waals surface area contributed by atoms with E-state index in [9.17, 15) is 0 Å². The van der Waals surface area contributed by atoms with E-state index in [-0.39, 0.29) is 6.41 Å². The van der Waals surface area contributed by atoms with Crippen LogP contribution in [0.25, 0.3) is 0 Å². The van der Waals surface area contributed by atoms with Crippen molar-refractivity contribution >= 4 is 29.3 Å². The van der Waals surface area contributed by atoms with E-state index in [1.807, 2.05) is 36.4 Å². The third kappa shape index (κ3) is 4.24. The van der Waals surface area contributed by atoms with Gasteiger partial charge in [0.05, 0.1) is 6.54 Å². The van der Waals surface area contributed by atoms with Gasteiger partial charge in [0, 0.05) is 29.2 Å². The van der Waals surface area contributed by atoms with Gasteiger partial charge >= 0.3 is 0 Å². The monoisotopic (exact) mass is 297 g/mol. The van der Waals surface area contributed by atoms with E-state index in [0.29, 0.717) is 0 Å². The Hall–Kier alpha value is -3.02. The van der Waals surface area contributed by atoms with Crippen LogP contribution in [0.3, 0.4) is 0 Å². The quantitative estimate of drug-likeness (QED) is 0.508. The van der Waals surface area contributed by atoms with E-state index in [1.54, 1.807) is 0 Å². The number of carbonyl (C=O) groups excluding carboxylic acids is 1. The van der Waals surface area contributed by atoms with Gasteiger partial charge in [-0.05, 0) is 36.4 Å². The highest BCUT2D eigenvalue weighted by Gasteiger charge is 2.08. The van der Waals surface area contributed by atoms with E-state index in [4.69, 9.17) is 10.5 Å². The molecule has 0 atom stereocenters. The van der Waals surface area contributed by atoms with E-state index >= 15 is 0 Å². The summed E-state index contributed by atoms with van der Waals surface area (Å²) in [4.78, 5) is 13.0. The van der Waals surface area contributed by atoms with Crippen molar-refractivity contribution in [2.24, 2.45) is 10.7 Å². The van der Waals surface area contributed by atoms with E-state index in [0.717, 1.165) is 41.6 Å². The van der Waals surface area contributed by atoms with Crippen LogP contribution in [0.5, 0.6) is 0 Å². The van der Waals surface area contributed by atoms with Crippen LogP contribution in [0.2, 0.25) is 0 Å². The van der Waals surface area contributed by atoms with Crippen LogP contribution in [-0.4, -0.2) is 25.3 Å². The van der Waals surface area contributed by atoms with Crippen molar-refractivity contribution in [3.05, 3.63) is 54.1 Å². The second-order valence-corrected chi connectivity index (χ2v) is 4.62. The molecule has 3 rings (SSSR count). The van der Waals surface area contributed by atoms with Crippen molar-refractivity contribution in [3.63, 3.8) is 0 Å². The summed E-state index contributed by atoms with van der Waals surface area (Å²) in [5.74, 6) is 0.973. The predicted octanol–water partition coefficient (Wildman–Crippen LogP) is 1.46. The Labute approximate surface area is 129 Å². The van der Waals surface area contributed by atoms with Gasteiger partial charge in [0.2, 0.25) is 6.41 Å². The van der Waals surface area contributed by atoms with Crippen molar-refractivity contribution in [1.82, 2.24) is 5.32 Å². The van der Waals surface area contributed by atoms with Crippen LogP contribution >= 0.6 is 0 Å². The van der Waals surface area contributed by atoms with Gasteiger partial charge in [0.1, 0.15) is 5.84 Å². The highest BCUT2D eigenvalue weighted by molar-refractivity contribution is 6.00. The maximum absolute atomic E-state index is 8.58. The molecule has 0 saturated carbocycles. The number of nitrogen functional groups attached to an aromatic ring is 1. The third-order valence-corrected chi connectivity index (χ3v) is 3.01. The molecule has 6 N–H and O–H groups in total. The molecule has 0 unspecified atom stereocenters. The molecule has 0 radical (unpaired) electrons. The van der Waals surface area contributed by atoms with Crippen LogP contribution in [0.1, 0.15) is 5.56 Å². The zero-order valence-electron chi connectivity index (χ0n) is 12.1. The fraction of sp³-hybridized carbons (Fsp3) is 0.125. The highest BCUT2D eigenvalue weighted by atomic mass is 16.1. The third-order valence-electron chi connectivity index (χ3n) is 3.01. The number of aliphatic imine (C=N–C) groups is 1. The lowest BCUT2D eigenvalue weighted by Gasteiger charge is -2.09. The van der Waals surface area contributed by atoms with E-state index in [2.05, 4.69) is 33.5 Å².